The maximum absolute atomic E-state index is 11.3. The highest BCUT2D eigenvalue weighted by Crippen LogP contribution is 2.32. The highest BCUT2D eigenvalue weighted by molar-refractivity contribution is 5.95. The Labute approximate surface area is 118 Å². The standard InChI is InChI=1S/C17H19NO2/c1-11-9-12(7-8-16(19)20-2)17-14(10-11)13-5-3-4-6-15(13)18-17/h7-10,18H,3-6H2,1-2H3/b8-7+. The Morgan fingerprint density at radius 1 is 1.30 bits per heavy atom. The Hall–Kier alpha value is -2.03. The summed E-state index contributed by atoms with van der Waals surface area (Å²) in [5.74, 6) is -0.323. The van der Waals surface area contributed by atoms with E-state index in [1.165, 1.54) is 48.2 Å². The zero-order chi connectivity index (χ0) is 14.1. The molecule has 0 aliphatic heterocycles. The highest BCUT2D eigenvalue weighted by Gasteiger charge is 2.16. The summed E-state index contributed by atoms with van der Waals surface area (Å²) < 4.78 is 4.66. The zero-order valence-corrected chi connectivity index (χ0v) is 12.0. The summed E-state index contributed by atoms with van der Waals surface area (Å²) in [5.41, 5.74) is 6.24. The van der Waals surface area contributed by atoms with E-state index in [1.807, 2.05) is 6.08 Å². The Morgan fingerprint density at radius 2 is 2.10 bits per heavy atom. The van der Waals surface area contributed by atoms with E-state index in [0.717, 1.165) is 23.9 Å². The van der Waals surface area contributed by atoms with Crippen LogP contribution in [0.5, 0.6) is 0 Å². The Morgan fingerprint density at radius 3 is 2.90 bits per heavy atom. The lowest BCUT2D eigenvalue weighted by atomic mass is 9.94. The molecular formula is C17H19NO2. The van der Waals surface area contributed by atoms with E-state index in [-0.39, 0.29) is 5.97 Å². The van der Waals surface area contributed by atoms with Crippen LogP contribution in [0.25, 0.3) is 17.0 Å². The summed E-state index contributed by atoms with van der Waals surface area (Å²) >= 11 is 0. The van der Waals surface area contributed by atoms with E-state index in [2.05, 4.69) is 28.8 Å². The van der Waals surface area contributed by atoms with Gasteiger partial charge in [0.25, 0.3) is 0 Å². The second kappa shape index (κ2) is 5.16. The van der Waals surface area contributed by atoms with Crippen molar-refractivity contribution < 1.29 is 9.53 Å². The molecule has 0 atom stereocenters. The van der Waals surface area contributed by atoms with Crippen LogP contribution in [0.3, 0.4) is 0 Å². The lowest BCUT2D eigenvalue weighted by Gasteiger charge is -2.10. The van der Waals surface area contributed by atoms with Gasteiger partial charge in [-0.1, -0.05) is 0 Å². The van der Waals surface area contributed by atoms with Gasteiger partial charge < -0.3 is 9.72 Å². The van der Waals surface area contributed by atoms with Gasteiger partial charge in [0.15, 0.2) is 0 Å². The molecule has 1 heterocycles. The fraction of sp³-hybridized carbons (Fsp3) is 0.353. The van der Waals surface area contributed by atoms with Gasteiger partial charge in [0, 0.05) is 17.2 Å². The first kappa shape index (κ1) is 13.0. The summed E-state index contributed by atoms with van der Waals surface area (Å²) in [6.07, 6.45) is 8.12. The van der Waals surface area contributed by atoms with Crippen molar-refractivity contribution in [1.29, 1.82) is 0 Å². The summed E-state index contributed by atoms with van der Waals surface area (Å²) in [4.78, 5) is 14.8. The van der Waals surface area contributed by atoms with Crippen molar-refractivity contribution in [2.75, 3.05) is 7.11 Å². The van der Waals surface area contributed by atoms with E-state index < -0.39 is 0 Å². The number of methoxy groups -OCH3 is 1. The number of aromatic nitrogens is 1. The number of fused-ring (bicyclic) bond motifs is 3. The Bertz CT molecular complexity index is 695. The molecule has 0 amide bonds. The number of ether oxygens (including phenoxy) is 1. The monoisotopic (exact) mass is 269 g/mol. The van der Waals surface area contributed by atoms with Gasteiger partial charge in [0.1, 0.15) is 0 Å². The van der Waals surface area contributed by atoms with Crippen LogP contribution in [-0.4, -0.2) is 18.1 Å². The first-order valence-corrected chi connectivity index (χ1v) is 7.09. The highest BCUT2D eigenvalue weighted by atomic mass is 16.5. The molecule has 3 heteroatoms. The third-order valence-corrected chi connectivity index (χ3v) is 3.98. The summed E-state index contributed by atoms with van der Waals surface area (Å²) in [5, 5.41) is 1.31. The number of hydrogen-bond acceptors (Lipinski definition) is 2. The number of carbonyl (C=O) groups excluding carboxylic acids is 1. The maximum Gasteiger partial charge on any atom is 0.330 e. The predicted octanol–water partition coefficient (Wildman–Crippen LogP) is 3.54. The third kappa shape index (κ3) is 2.24. The fourth-order valence-electron chi connectivity index (χ4n) is 3.04. The van der Waals surface area contributed by atoms with Crippen molar-refractivity contribution >= 4 is 22.9 Å². The van der Waals surface area contributed by atoms with Gasteiger partial charge in [0.2, 0.25) is 0 Å². The third-order valence-electron chi connectivity index (χ3n) is 3.98. The van der Waals surface area contributed by atoms with Crippen molar-refractivity contribution in [2.45, 2.75) is 32.6 Å². The molecule has 0 unspecified atom stereocenters. The van der Waals surface area contributed by atoms with Gasteiger partial charge in [-0.2, -0.15) is 0 Å². The van der Waals surface area contributed by atoms with Crippen molar-refractivity contribution in [2.24, 2.45) is 0 Å². The lowest BCUT2D eigenvalue weighted by molar-refractivity contribution is -0.134. The van der Waals surface area contributed by atoms with Crippen LogP contribution < -0.4 is 0 Å². The molecule has 0 radical (unpaired) electrons. The van der Waals surface area contributed by atoms with Gasteiger partial charge in [-0.15, -0.1) is 0 Å². The molecule has 2 aromatic rings. The van der Waals surface area contributed by atoms with E-state index in [4.69, 9.17) is 0 Å². The van der Waals surface area contributed by atoms with Crippen LogP contribution in [0, 0.1) is 6.92 Å². The number of nitrogens with one attached hydrogen (secondary N) is 1. The second-order valence-electron chi connectivity index (χ2n) is 5.42. The van der Waals surface area contributed by atoms with E-state index >= 15 is 0 Å². The van der Waals surface area contributed by atoms with Crippen LogP contribution in [0.1, 0.15) is 35.2 Å². The molecule has 1 N–H and O–H groups in total. The topological polar surface area (TPSA) is 42.1 Å². The van der Waals surface area contributed by atoms with Crippen molar-refractivity contribution in [3.05, 3.63) is 40.6 Å². The van der Waals surface area contributed by atoms with Crippen molar-refractivity contribution in [3.63, 3.8) is 0 Å². The maximum atomic E-state index is 11.3. The zero-order valence-electron chi connectivity index (χ0n) is 12.0. The molecule has 0 bridgehead atoms. The molecule has 3 rings (SSSR count). The van der Waals surface area contributed by atoms with Gasteiger partial charge >= 0.3 is 5.97 Å². The number of rotatable bonds is 2. The minimum absolute atomic E-state index is 0.323. The number of hydrogen-bond donors (Lipinski definition) is 1. The minimum atomic E-state index is -0.323. The molecule has 1 aliphatic carbocycles. The molecular weight excluding hydrogens is 250 g/mol. The van der Waals surface area contributed by atoms with Crippen LogP contribution in [-0.2, 0) is 22.4 Å². The smallest absolute Gasteiger partial charge is 0.330 e. The van der Waals surface area contributed by atoms with Crippen molar-refractivity contribution in [1.82, 2.24) is 4.98 Å². The molecule has 104 valence electrons. The van der Waals surface area contributed by atoms with Gasteiger partial charge in [-0.3, -0.25) is 0 Å². The summed E-state index contributed by atoms with van der Waals surface area (Å²) in [7, 11) is 1.39. The normalized spacial score (nSPS) is 14.7. The molecule has 20 heavy (non-hydrogen) atoms. The van der Waals surface area contributed by atoms with Crippen LogP contribution in [0.2, 0.25) is 0 Å². The average molecular weight is 269 g/mol. The fourth-order valence-corrected chi connectivity index (χ4v) is 3.04. The van der Waals surface area contributed by atoms with Gasteiger partial charge in [0.05, 0.1) is 12.6 Å². The molecule has 3 nitrogen and oxygen atoms in total. The van der Waals surface area contributed by atoms with Crippen LogP contribution >= 0.6 is 0 Å². The predicted molar refractivity (Wildman–Crippen MR) is 80.7 cm³/mol. The number of H-pyrrole nitrogens is 1. The molecule has 0 saturated heterocycles. The lowest BCUT2D eigenvalue weighted by Crippen LogP contribution is -1.99. The summed E-state index contributed by atoms with van der Waals surface area (Å²) in [6.45, 7) is 2.09. The van der Waals surface area contributed by atoms with E-state index in [0.29, 0.717) is 0 Å². The second-order valence-corrected chi connectivity index (χ2v) is 5.42. The van der Waals surface area contributed by atoms with Crippen molar-refractivity contribution in [3.8, 4) is 0 Å². The first-order valence-electron chi connectivity index (χ1n) is 7.09. The Balaban J connectivity index is 2.14. The largest absolute Gasteiger partial charge is 0.466 e. The number of aryl methyl sites for hydroxylation is 3. The quantitative estimate of drug-likeness (QED) is 0.669. The average Bonchev–Trinajstić information content (AvgIpc) is 2.83. The van der Waals surface area contributed by atoms with E-state index in [9.17, 15) is 4.79 Å². The molecule has 0 saturated carbocycles. The molecule has 1 aromatic carbocycles. The van der Waals surface area contributed by atoms with E-state index in [1.54, 1.807) is 0 Å². The number of esters is 1. The van der Waals surface area contributed by atoms with Gasteiger partial charge in [-0.05, 0) is 67.5 Å². The SMILES string of the molecule is COC(=O)/C=C/c1cc(C)cc2c3c([nH]c12)CCCC3. The number of benzene rings is 1. The van der Waals surface area contributed by atoms with Gasteiger partial charge in [-0.25, -0.2) is 4.79 Å². The van der Waals surface area contributed by atoms with Crippen LogP contribution in [0.15, 0.2) is 18.2 Å². The molecule has 1 aliphatic rings. The Kier molecular flexibility index (Phi) is 3.35. The number of aromatic amines is 1. The minimum Gasteiger partial charge on any atom is -0.466 e. The summed E-state index contributed by atoms with van der Waals surface area (Å²) in [6, 6.07) is 4.34. The molecule has 0 fully saturated rings. The van der Waals surface area contributed by atoms with Crippen LogP contribution in [0.4, 0.5) is 0 Å². The number of carbonyl (C=O) groups is 1. The molecule has 0 spiro atoms. The first-order chi connectivity index (χ1) is 9.69. The molecule has 1 aromatic heterocycles.